The van der Waals surface area contributed by atoms with Crippen molar-refractivity contribution in [2.45, 2.75) is 32.8 Å². The SMILES string of the molecule is COc1ccc(CCN2CCC(COC(c3ccccc3)c3ccccc3)CC2)cc1.[3H]C. The molecular formula is C29H37NO2. The Bertz CT molecular complexity index is 854. The Balaban J connectivity index is 0.00000149. The van der Waals surface area contributed by atoms with Crippen LogP contribution >= 0.6 is 0 Å². The van der Waals surface area contributed by atoms with Crippen LogP contribution in [0.2, 0.25) is 0 Å². The summed E-state index contributed by atoms with van der Waals surface area (Å²) in [7, 11) is 2.96. The first-order chi connectivity index (χ1) is 16.3. The van der Waals surface area contributed by atoms with Crippen molar-refractivity contribution in [1.29, 1.82) is 0 Å². The predicted molar refractivity (Wildman–Crippen MR) is 133 cm³/mol. The van der Waals surface area contributed by atoms with Crippen molar-refractivity contribution in [3.05, 3.63) is 102 Å². The monoisotopic (exact) mass is 433 g/mol. The Morgan fingerprint density at radius 2 is 1.44 bits per heavy atom. The molecule has 0 unspecified atom stereocenters. The molecule has 3 heteroatoms. The second-order valence-electron chi connectivity index (χ2n) is 8.42. The molecule has 170 valence electrons. The molecule has 0 aromatic heterocycles. The summed E-state index contributed by atoms with van der Waals surface area (Å²) in [4.78, 5) is 2.59. The van der Waals surface area contributed by atoms with Gasteiger partial charge in [0.15, 0.2) is 0 Å². The van der Waals surface area contributed by atoms with E-state index in [0.717, 1.165) is 38.4 Å². The van der Waals surface area contributed by atoms with Gasteiger partial charge >= 0.3 is 0 Å². The summed E-state index contributed by atoms with van der Waals surface area (Å²) in [5, 5.41) is 0. The first-order valence-corrected chi connectivity index (χ1v) is 11.4. The van der Waals surface area contributed by atoms with E-state index in [-0.39, 0.29) is 6.10 Å². The normalized spacial score (nSPS) is 15.0. The van der Waals surface area contributed by atoms with Gasteiger partial charge in [-0.25, -0.2) is 0 Å². The van der Waals surface area contributed by atoms with Crippen LogP contribution in [0.5, 0.6) is 5.75 Å². The van der Waals surface area contributed by atoms with Crippen molar-refractivity contribution in [3.63, 3.8) is 0 Å². The highest BCUT2D eigenvalue weighted by atomic mass is 16.5. The molecule has 0 spiro atoms. The summed E-state index contributed by atoms with van der Waals surface area (Å²) in [6, 6.07) is 29.6. The summed E-state index contributed by atoms with van der Waals surface area (Å²) >= 11 is 0. The molecular weight excluding hydrogens is 394 g/mol. The van der Waals surface area contributed by atoms with Crippen LogP contribution in [-0.2, 0) is 11.2 Å². The summed E-state index contributed by atoms with van der Waals surface area (Å²) < 4.78 is 17.5. The third-order valence-electron chi connectivity index (χ3n) is 6.29. The Kier molecular flexibility index (Phi) is 8.76. The fourth-order valence-corrected chi connectivity index (χ4v) is 4.33. The lowest BCUT2D eigenvalue weighted by Gasteiger charge is -2.32. The molecule has 1 fully saturated rings. The highest BCUT2D eigenvalue weighted by Gasteiger charge is 2.22. The summed E-state index contributed by atoms with van der Waals surface area (Å²) in [5.74, 6) is 1.56. The number of hydrogen-bond donors (Lipinski definition) is 0. The van der Waals surface area contributed by atoms with Gasteiger partial charge in [-0.15, -0.1) is 0 Å². The summed E-state index contributed by atoms with van der Waals surface area (Å²) in [6.07, 6.45) is 3.52. The molecule has 0 atom stereocenters. The van der Waals surface area contributed by atoms with Crippen LogP contribution in [0.3, 0.4) is 0 Å². The Labute approximate surface area is 195 Å². The first kappa shape index (κ1) is 22.6. The minimum absolute atomic E-state index is 0.00972. The maximum absolute atomic E-state index is 6.51. The maximum Gasteiger partial charge on any atom is 0.118 e. The molecule has 32 heavy (non-hydrogen) atoms. The molecule has 0 radical (unpaired) electrons. The van der Waals surface area contributed by atoms with E-state index in [4.69, 9.17) is 10.8 Å². The van der Waals surface area contributed by atoms with Crippen molar-refractivity contribution in [1.82, 2.24) is 4.90 Å². The number of piperidine rings is 1. The third-order valence-corrected chi connectivity index (χ3v) is 6.29. The largest absolute Gasteiger partial charge is 0.497 e. The van der Waals surface area contributed by atoms with Gasteiger partial charge in [0.1, 0.15) is 11.9 Å². The molecule has 3 nitrogen and oxygen atoms in total. The van der Waals surface area contributed by atoms with Gasteiger partial charge in [-0.1, -0.05) is 80.2 Å². The summed E-state index contributed by atoms with van der Waals surface area (Å²) in [6.45, 7) is 4.26. The van der Waals surface area contributed by atoms with Crippen molar-refractivity contribution in [2.24, 2.45) is 5.92 Å². The molecule has 1 aliphatic heterocycles. The lowest BCUT2D eigenvalue weighted by Crippen LogP contribution is -2.36. The van der Waals surface area contributed by atoms with E-state index in [1.54, 1.807) is 7.11 Å². The fourth-order valence-electron chi connectivity index (χ4n) is 4.33. The molecule has 0 aliphatic carbocycles. The minimum Gasteiger partial charge on any atom is -0.497 e. The van der Waals surface area contributed by atoms with Gasteiger partial charge in [0.25, 0.3) is 0 Å². The second-order valence-corrected chi connectivity index (χ2v) is 8.42. The zero-order chi connectivity index (χ0) is 23.3. The van der Waals surface area contributed by atoms with Crippen molar-refractivity contribution in [2.75, 3.05) is 33.4 Å². The van der Waals surface area contributed by atoms with Gasteiger partial charge in [0.2, 0.25) is 0 Å². The van der Waals surface area contributed by atoms with Gasteiger partial charge in [-0.2, -0.15) is 0 Å². The molecule has 4 rings (SSSR count). The average Bonchev–Trinajstić information content (AvgIpc) is 2.91. The molecule has 0 saturated carbocycles. The average molecular weight is 434 g/mol. The van der Waals surface area contributed by atoms with E-state index in [1.807, 2.05) is 0 Å². The zero-order valence-corrected chi connectivity index (χ0v) is 19.5. The van der Waals surface area contributed by atoms with E-state index < -0.39 is 0 Å². The molecule has 0 amide bonds. The number of benzene rings is 3. The molecule has 3 aromatic carbocycles. The Morgan fingerprint density at radius 3 is 1.97 bits per heavy atom. The van der Waals surface area contributed by atoms with Crippen LogP contribution in [0, 0.1) is 5.92 Å². The molecule has 1 heterocycles. The predicted octanol–water partition coefficient (Wildman–Crippen LogP) is 6.39. The molecule has 1 aliphatic rings. The van der Waals surface area contributed by atoms with Crippen LogP contribution < -0.4 is 4.74 Å². The molecule has 0 N–H and O–H groups in total. The zero-order valence-electron chi connectivity index (χ0n) is 20.5. The van der Waals surface area contributed by atoms with Crippen LogP contribution in [0.4, 0.5) is 0 Å². The minimum atomic E-state index is 0.00972. The molecule has 1 saturated heterocycles. The smallest absolute Gasteiger partial charge is 0.118 e. The Morgan fingerprint density at radius 1 is 0.875 bits per heavy atom. The fraction of sp³-hybridized carbons (Fsp3) is 0.379. The number of likely N-dealkylation sites (tertiary alicyclic amines) is 1. The number of rotatable bonds is 9. The van der Waals surface area contributed by atoms with E-state index in [1.165, 1.54) is 36.9 Å². The molecule has 3 aromatic rings. The number of hydrogen-bond acceptors (Lipinski definition) is 3. The Hall–Kier alpha value is -2.62. The lowest BCUT2D eigenvalue weighted by molar-refractivity contribution is 0.0311. The number of ether oxygens (including phenoxy) is 2. The first-order valence-electron chi connectivity index (χ1n) is 12.4. The van der Waals surface area contributed by atoms with Gasteiger partial charge in [0, 0.05) is 7.92 Å². The third kappa shape index (κ3) is 6.69. The highest BCUT2D eigenvalue weighted by Crippen LogP contribution is 2.28. The van der Waals surface area contributed by atoms with E-state index in [0.29, 0.717) is 5.92 Å². The number of nitrogens with zero attached hydrogens (tertiary/aromatic N) is 1. The van der Waals surface area contributed by atoms with Gasteiger partial charge in [-0.3, -0.25) is 0 Å². The highest BCUT2D eigenvalue weighted by molar-refractivity contribution is 5.30. The van der Waals surface area contributed by atoms with Crippen molar-refractivity contribution >= 4 is 0 Å². The van der Waals surface area contributed by atoms with Crippen LogP contribution in [0.15, 0.2) is 84.9 Å². The van der Waals surface area contributed by atoms with Crippen LogP contribution in [-0.4, -0.2) is 38.3 Å². The van der Waals surface area contributed by atoms with E-state index >= 15 is 0 Å². The van der Waals surface area contributed by atoms with Gasteiger partial charge in [0.05, 0.1) is 13.7 Å². The standard InChI is InChI=1S/C28H33NO2.CH4/c1-30-27-14-12-23(13-15-27)16-19-29-20-17-24(18-21-29)22-31-28(25-8-4-2-5-9-25)26-10-6-3-7-11-26;/h2-15,24,28H,16-22H2,1H3;1H4/i;1T. The maximum atomic E-state index is 6.51. The van der Waals surface area contributed by atoms with E-state index in [9.17, 15) is 0 Å². The quantitative estimate of drug-likeness (QED) is 0.390. The summed E-state index contributed by atoms with van der Waals surface area (Å²) in [5.41, 5.74) is 3.83. The molecule has 0 bridgehead atoms. The lowest BCUT2D eigenvalue weighted by atomic mass is 9.96. The van der Waals surface area contributed by atoms with Crippen LogP contribution in [0.1, 0.15) is 44.4 Å². The van der Waals surface area contributed by atoms with Gasteiger partial charge < -0.3 is 14.4 Å². The van der Waals surface area contributed by atoms with Crippen molar-refractivity contribution < 1.29 is 10.8 Å². The van der Waals surface area contributed by atoms with Gasteiger partial charge in [-0.05, 0) is 67.1 Å². The topological polar surface area (TPSA) is 21.7 Å². The second kappa shape index (κ2) is 12.4. The van der Waals surface area contributed by atoms with Crippen LogP contribution in [0.25, 0.3) is 0 Å². The van der Waals surface area contributed by atoms with E-state index in [2.05, 4.69) is 89.8 Å². The number of methoxy groups -OCH3 is 1. The van der Waals surface area contributed by atoms with Crippen molar-refractivity contribution in [3.8, 4) is 5.75 Å².